The third-order valence-electron chi connectivity index (χ3n) is 5.18. The Labute approximate surface area is 182 Å². The molecule has 0 aliphatic carbocycles. The Hall–Kier alpha value is -3.56. The molecular weight excluding hydrogens is 425 g/mol. The van der Waals surface area contributed by atoms with Crippen LogP contribution in [0.5, 0.6) is 0 Å². The van der Waals surface area contributed by atoms with Crippen molar-refractivity contribution < 1.29 is 27.9 Å². The molecule has 0 radical (unpaired) electrons. The minimum atomic E-state index is -4.54. The fourth-order valence-electron chi connectivity index (χ4n) is 3.46. The van der Waals surface area contributed by atoms with Crippen molar-refractivity contribution in [2.45, 2.75) is 38.5 Å². The van der Waals surface area contributed by atoms with Crippen molar-refractivity contribution >= 4 is 28.9 Å². The number of likely N-dealkylation sites (N-methyl/N-ethyl adjacent to an activating group) is 1. The first-order chi connectivity index (χ1) is 15.1. The van der Waals surface area contributed by atoms with Gasteiger partial charge in [-0.05, 0) is 43.7 Å². The number of hydrogen-bond donors (Lipinski definition) is 3. The van der Waals surface area contributed by atoms with E-state index in [1.807, 2.05) is 6.07 Å². The van der Waals surface area contributed by atoms with Crippen molar-refractivity contribution in [1.82, 2.24) is 14.9 Å². The van der Waals surface area contributed by atoms with Gasteiger partial charge < -0.3 is 20.3 Å². The molecule has 7 nitrogen and oxygen atoms in total. The predicted octanol–water partition coefficient (Wildman–Crippen LogP) is 4.45. The number of carbonyl (C=O) groups excluding carboxylic acids is 1. The van der Waals surface area contributed by atoms with Crippen LogP contribution in [0.3, 0.4) is 0 Å². The topological polar surface area (TPSA) is 98.3 Å². The molecule has 3 N–H and O–H groups in total. The number of nitrogens with zero attached hydrogens (tertiary/aromatic N) is 2. The van der Waals surface area contributed by atoms with Crippen molar-refractivity contribution in [1.29, 1.82) is 0 Å². The van der Waals surface area contributed by atoms with Crippen LogP contribution < -0.4 is 5.32 Å². The molecule has 2 unspecified atom stereocenters. The van der Waals surface area contributed by atoms with Gasteiger partial charge in [0.1, 0.15) is 6.04 Å². The lowest BCUT2D eigenvalue weighted by atomic mass is 10.00. The lowest BCUT2D eigenvalue weighted by Gasteiger charge is -2.28. The monoisotopic (exact) mass is 448 g/mol. The SMILES string of the molecule is CCN(C(=O)CC(Nc1nc2ccccc2[nH]1)c1cccc(C(F)(F)F)c1)C(C)C(=O)O. The Bertz CT molecular complexity index is 1080. The van der Waals surface area contributed by atoms with E-state index in [-0.39, 0.29) is 24.5 Å². The van der Waals surface area contributed by atoms with E-state index >= 15 is 0 Å². The molecule has 0 saturated carbocycles. The number of carboxylic acid groups (broad SMARTS) is 1. The van der Waals surface area contributed by atoms with E-state index in [0.29, 0.717) is 5.52 Å². The highest BCUT2D eigenvalue weighted by Crippen LogP contribution is 2.32. The van der Waals surface area contributed by atoms with Crippen LogP contribution in [0.25, 0.3) is 11.0 Å². The van der Waals surface area contributed by atoms with E-state index in [0.717, 1.165) is 17.6 Å². The van der Waals surface area contributed by atoms with Crippen LogP contribution in [0, 0.1) is 0 Å². The number of para-hydroxylation sites is 2. The number of rotatable bonds is 8. The van der Waals surface area contributed by atoms with Crippen LogP contribution in [-0.4, -0.2) is 44.4 Å². The maximum absolute atomic E-state index is 13.3. The number of amides is 1. The maximum Gasteiger partial charge on any atom is 0.416 e. The fourth-order valence-corrected chi connectivity index (χ4v) is 3.46. The van der Waals surface area contributed by atoms with Crippen molar-refractivity contribution in [2.75, 3.05) is 11.9 Å². The normalized spacial score (nSPS) is 13.5. The summed E-state index contributed by atoms with van der Waals surface area (Å²) in [5.41, 5.74) is 0.760. The van der Waals surface area contributed by atoms with E-state index in [1.54, 1.807) is 25.1 Å². The largest absolute Gasteiger partial charge is 0.480 e. The summed E-state index contributed by atoms with van der Waals surface area (Å²) in [5.74, 6) is -1.38. The summed E-state index contributed by atoms with van der Waals surface area (Å²) >= 11 is 0. The lowest BCUT2D eigenvalue weighted by Crippen LogP contribution is -2.43. The number of benzene rings is 2. The van der Waals surface area contributed by atoms with Gasteiger partial charge in [-0.2, -0.15) is 13.2 Å². The van der Waals surface area contributed by atoms with Crippen LogP contribution in [0.4, 0.5) is 19.1 Å². The van der Waals surface area contributed by atoms with E-state index < -0.39 is 35.7 Å². The molecule has 1 heterocycles. The summed E-state index contributed by atoms with van der Waals surface area (Å²) in [6, 6.07) is 9.92. The van der Waals surface area contributed by atoms with Crippen LogP contribution in [0.1, 0.15) is 37.4 Å². The summed E-state index contributed by atoms with van der Waals surface area (Å²) in [6.07, 6.45) is -4.80. The molecule has 2 atom stereocenters. The van der Waals surface area contributed by atoms with Crippen molar-refractivity contribution in [3.63, 3.8) is 0 Å². The molecule has 0 aliphatic rings. The number of anilines is 1. The number of halogens is 3. The third-order valence-corrected chi connectivity index (χ3v) is 5.18. The van der Waals surface area contributed by atoms with E-state index in [9.17, 15) is 27.9 Å². The van der Waals surface area contributed by atoms with Gasteiger partial charge in [-0.3, -0.25) is 4.79 Å². The van der Waals surface area contributed by atoms with Crippen LogP contribution in [0.15, 0.2) is 48.5 Å². The average molecular weight is 448 g/mol. The Morgan fingerprint density at radius 3 is 2.53 bits per heavy atom. The second-order valence-electron chi connectivity index (χ2n) is 7.32. The van der Waals surface area contributed by atoms with E-state index in [4.69, 9.17) is 0 Å². The summed E-state index contributed by atoms with van der Waals surface area (Å²) in [7, 11) is 0. The van der Waals surface area contributed by atoms with Gasteiger partial charge in [0, 0.05) is 6.54 Å². The molecule has 170 valence electrons. The molecule has 1 aromatic heterocycles. The smallest absolute Gasteiger partial charge is 0.416 e. The molecule has 3 rings (SSSR count). The summed E-state index contributed by atoms with van der Waals surface area (Å²) in [4.78, 5) is 32.9. The maximum atomic E-state index is 13.3. The van der Waals surface area contributed by atoms with Crippen LogP contribution in [-0.2, 0) is 15.8 Å². The zero-order valence-corrected chi connectivity index (χ0v) is 17.5. The number of carbonyl (C=O) groups is 2. The first-order valence-corrected chi connectivity index (χ1v) is 10.0. The van der Waals surface area contributed by atoms with Gasteiger partial charge in [0.05, 0.1) is 29.1 Å². The number of aromatic amines is 1. The van der Waals surface area contributed by atoms with Gasteiger partial charge in [0.2, 0.25) is 11.9 Å². The number of fused-ring (bicyclic) bond motifs is 1. The zero-order valence-electron chi connectivity index (χ0n) is 17.5. The van der Waals surface area contributed by atoms with E-state index in [1.165, 1.54) is 24.0 Å². The molecule has 1 amide bonds. The minimum Gasteiger partial charge on any atom is -0.480 e. The number of imidazole rings is 1. The highest BCUT2D eigenvalue weighted by molar-refractivity contribution is 5.84. The lowest BCUT2D eigenvalue weighted by molar-refractivity contribution is -0.149. The molecule has 0 bridgehead atoms. The Morgan fingerprint density at radius 1 is 1.19 bits per heavy atom. The standard InChI is InChI=1S/C22H23F3N4O3/c1-3-29(13(2)20(31)32)19(30)12-18(14-7-6-8-15(11-14)22(23,24)25)28-21-26-16-9-4-5-10-17(16)27-21/h4-11,13,18H,3,12H2,1-2H3,(H,31,32)(H2,26,27,28). The number of nitrogens with one attached hydrogen (secondary N) is 2. The molecule has 32 heavy (non-hydrogen) atoms. The number of aliphatic carboxylic acids is 1. The van der Waals surface area contributed by atoms with Gasteiger partial charge in [-0.25, -0.2) is 9.78 Å². The summed E-state index contributed by atoms with van der Waals surface area (Å²) in [6.45, 7) is 3.17. The number of hydrogen-bond acceptors (Lipinski definition) is 4. The van der Waals surface area contributed by atoms with Gasteiger partial charge in [-0.15, -0.1) is 0 Å². The van der Waals surface area contributed by atoms with Crippen molar-refractivity contribution in [2.24, 2.45) is 0 Å². The number of carboxylic acids is 1. The second kappa shape index (κ2) is 9.29. The first-order valence-electron chi connectivity index (χ1n) is 10.0. The Morgan fingerprint density at radius 2 is 1.91 bits per heavy atom. The number of alkyl halides is 3. The zero-order chi connectivity index (χ0) is 23.5. The minimum absolute atomic E-state index is 0.145. The van der Waals surface area contributed by atoms with Gasteiger partial charge >= 0.3 is 12.1 Å². The first kappa shape index (κ1) is 23.1. The van der Waals surface area contributed by atoms with Crippen LogP contribution >= 0.6 is 0 Å². The molecular formula is C22H23F3N4O3. The molecule has 0 saturated heterocycles. The molecule has 3 aromatic rings. The number of aromatic nitrogens is 2. The number of H-pyrrole nitrogens is 1. The Kier molecular flexibility index (Phi) is 6.71. The predicted molar refractivity (Wildman–Crippen MR) is 113 cm³/mol. The van der Waals surface area contributed by atoms with Crippen LogP contribution in [0.2, 0.25) is 0 Å². The fraction of sp³-hybridized carbons (Fsp3) is 0.318. The molecule has 0 fully saturated rings. The highest BCUT2D eigenvalue weighted by atomic mass is 19.4. The van der Waals surface area contributed by atoms with E-state index in [2.05, 4.69) is 15.3 Å². The van der Waals surface area contributed by atoms with Gasteiger partial charge in [0.25, 0.3) is 0 Å². The van der Waals surface area contributed by atoms with Gasteiger partial charge in [0.15, 0.2) is 0 Å². The van der Waals surface area contributed by atoms with Gasteiger partial charge in [-0.1, -0.05) is 24.3 Å². The summed E-state index contributed by atoms with van der Waals surface area (Å²) in [5, 5.41) is 12.3. The quantitative estimate of drug-likeness (QED) is 0.473. The summed E-state index contributed by atoms with van der Waals surface area (Å²) < 4.78 is 39.8. The molecule has 0 spiro atoms. The Balaban J connectivity index is 1.95. The average Bonchev–Trinajstić information content (AvgIpc) is 3.15. The second-order valence-corrected chi connectivity index (χ2v) is 7.32. The van der Waals surface area contributed by atoms with Crippen molar-refractivity contribution in [3.8, 4) is 0 Å². The highest BCUT2D eigenvalue weighted by Gasteiger charge is 2.32. The molecule has 0 aliphatic heterocycles. The molecule has 2 aromatic carbocycles. The molecule has 10 heteroatoms. The third kappa shape index (κ3) is 5.19. The van der Waals surface area contributed by atoms with Crippen molar-refractivity contribution in [3.05, 3.63) is 59.7 Å².